The van der Waals surface area contributed by atoms with Crippen molar-refractivity contribution in [1.29, 1.82) is 0 Å². The van der Waals surface area contributed by atoms with Crippen LogP contribution in [-0.4, -0.2) is 37.5 Å². The van der Waals surface area contributed by atoms with Crippen molar-refractivity contribution >= 4 is 17.2 Å². The number of thiophene rings is 1. The Hall–Kier alpha value is -0.870. The molecule has 1 aliphatic heterocycles. The molecule has 0 aliphatic carbocycles. The van der Waals surface area contributed by atoms with Gasteiger partial charge < -0.3 is 10.2 Å². The van der Waals surface area contributed by atoms with Crippen molar-refractivity contribution in [1.82, 2.24) is 10.2 Å². The van der Waals surface area contributed by atoms with E-state index >= 15 is 0 Å². The molecule has 1 saturated heterocycles. The van der Waals surface area contributed by atoms with Crippen LogP contribution in [0.5, 0.6) is 0 Å². The summed E-state index contributed by atoms with van der Waals surface area (Å²) in [7, 11) is 2.00. The highest BCUT2D eigenvalue weighted by atomic mass is 32.1. The summed E-state index contributed by atoms with van der Waals surface area (Å²) in [6.45, 7) is 7.19. The van der Waals surface area contributed by atoms with Gasteiger partial charge in [0, 0.05) is 18.0 Å². The molecule has 2 heterocycles. The van der Waals surface area contributed by atoms with E-state index in [0.717, 1.165) is 49.7 Å². The van der Waals surface area contributed by atoms with Gasteiger partial charge in [0.2, 0.25) is 0 Å². The third-order valence-corrected chi connectivity index (χ3v) is 5.63. The van der Waals surface area contributed by atoms with E-state index in [1.54, 1.807) is 11.3 Å². The van der Waals surface area contributed by atoms with Gasteiger partial charge in [0.1, 0.15) is 0 Å². The monoisotopic (exact) mass is 294 g/mol. The topological polar surface area (TPSA) is 32.3 Å². The molecule has 0 radical (unpaired) electrons. The molecule has 3 nitrogen and oxygen atoms in total. The van der Waals surface area contributed by atoms with E-state index in [4.69, 9.17) is 0 Å². The minimum absolute atomic E-state index is 0.241. The van der Waals surface area contributed by atoms with Gasteiger partial charge in [0.15, 0.2) is 0 Å². The largest absolute Gasteiger partial charge is 0.338 e. The molecule has 4 heteroatoms. The molecule has 1 aromatic heterocycles. The van der Waals surface area contributed by atoms with Gasteiger partial charge in [-0.05, 0) is 63.7 Å². The average Bonchev–Trinajstić information content (AvgIpc) is 2.86. The number of rotatable bonds is 5. The van der Waals surface area contributed by atoms with Gasteiger partial charge in [-0.25, -0.2) is 0 Å². The summed E-state index contributed by atoms with van der Waals surface area (Å²) in [6, 6.07) is 2.07. The van der Waals surface area contributed by atoms with Crippen LogP contribution in [0.2, 0.25) is 0 Å². The first-order chi connectivity index (χ1) is 9.65. The molecular formula is C16H26N2OS. The van der Waals surface area contributed by atoms with E-state index in [1.165, 1.54) is 16.9 Å². The lowest BCUT2D eigenvalue weighted by atomic mass is 9.93. The molecule has 0 unspecified atom stereocenters. The van der Waals surface area contributed by atoms with Gasteiger partial charge in [-0.15, -0.1) is 11.3 Å². The molecule has 1 amide bonds. The van der Waals surface area contributed by atoms with Crippen LogP contribution in [0.3, 0.4) is 0 Å². The maximum Gasteiger partial charge on any atom is 0.263 e. The van der Waals surface area contributed by atoms with E-state index in [1.807, 2.05) is 11.9 Å². The highest BCUT2D eigenvalue weighted by Crippen LogP contribution is 2.26. The Morgan fingerprint density at radius 1 is 1.45 bits per heavy atom. The van der Waals surface area contributed by atoms with Crippen LogP contribution in [0.1, 0.15) is 46.3 Å². The number of hydrogen-bond acceptors (Lipinski definition) is 3. The Bertz CT molecular complexity index is 447. The summed E-state index contributed by atoms with van der Waals surface area (Å²) in [6.07, 6.45) is 4.56. The molecule has 0 atom stereocenters. The Labute approximate surface area is 126 Å². The summed E-state index contributed by atoms with van der Waals surface area (Å²) in [4.78, 5) is 16.8. The lowest BCUT2D eigenvalue weighted by Gasteiger charge is -2.31. The molecule has 0 aromatic carbocycles. The lowest BCUT2D eigenvalue weighted by molar-refractivity contribution is 0.0692. The Kier molecular flexibility index (Phi) is 5.61. The second kappa shape index (κ2) is 7.23. The molecule has 20 heavy (non-hydrogen) atoms. The van der Waals surface area contributed by atoms with Gasteiger partial charge in [0.25, 0.3) is 5.91 Å². The van der Waals surface area contributed by atoms with Crippen LogP contribution in [0.4, 0.5) is 0 Å². The molecule has 0 saturated carbocycles. The number of nitrogens with one attached hydrogen (secondary N) is 1. The lowest BCUT2D eigenvalue weighted by Crippen LogP contribution is -2.38. The van der Waals surface area contributed by atoms with Gasteiger partial charge in [-0.3, -0.25) is 4.79 Å². The van der Waals surface area contributed by atoms with E-state index in [2.05, 4.69) is 25.2 Å². The van der Waals surface area contributed by atoms with Crippen molar-refractivity contribution in [3.8, 4) is 0 Å². The normalized spacial score (nSPS) is 16.6. The number of piperidine rings is 1. The number of nitrogens with zero attached hydrogens (tertiary/aromatic N) is 1. The minimum atomic E-state index is 0.241. The van der Waals surface area contributed by atoms with E-state index in [0.29, 0.717) is 0 Å². The fourth-order valence-corrected chi connectivity index (χ4v) is 3.99. The Morgan fingerprint density at radius 2 is 2.15 bits per heavy atom. The predicted octanol–water partition coefficient (Wildman–Crippen LogP) is 3.08. The fourth-order valence-electron chi connectivity index (χ4n) is 2.91. The van der Waals surface area contributed by atoms with Crippen LogP contribution in [0.25, 0.3) is 0 Å². The first-order valence-corrected chi connectivity index (χ1v) is 8.50. The summed E-state index contributed by atoms with van der Waals surface area (Å²) < 4.78 is 0. The smallest absolute Gasteiger partial charge is 0.263 e. The standard InChI is InChI=1S/C16H26N2OS/c1-4-14-12(2)11-15(20-14)16(19)18-9-6-13(7-10-18)5-8-17-3/h11,13,17H,4-10H2,1-3H3. The number of likely N-dealkylation sites (tertiary alicyclic amines) is 1. The van der Waals surface area contributed by atoms with Crippen molar-refractivity contribution < 1.29 is 4.79 Å². The van der Waals surface area contributed by atoms with Crippen molar-refractivity contribution in [2.75, 3.05) is 26.7 Å². The molecule has 0 bridgehead atoms. The van der Waals surface area contributed by atoms with Crippen molar-refractivity contribution in [3.63, 3.8) is 0 Å². The van der Waals surface area contributed by atoms with Gasteiger partial charge in [0.05, 0.1) is 4.88 Å². The van der Waals surface area contributed by atoms with Gasteiger partial charge in [-0.1, -0.05) is 6.92 Å². The number of aryl methyl sites for hydroxylation is 2. The highest BCUT2D eigenvalue weighted by Gasteiger charge is 2.24. The summed E-state index contributed by atoms with van der Waals surface area (Å²) in [5.74, 6) is 1.02. The number of amides is 1. The molecule has 1 fully saturated rings. The van der Waals surface area contributed by atoms with Crippen LogP contribution in [0.15, 0.2) is 6.07 Å². The SMILES string of the molecule is CCc1sc(C(=O)N2CCC(CCNC)CC2)cc1C. The van der Waals surface area contributed by atoms with Crippen molar-refractivity contribution in [3.05, 3.63) is 21.4 Å². The zero-order valence-electron chi connectivity index (χ0n) is 12.9. The first-order valence-electron chi connectivity index (χ1n) is 7.68. The summed E-state index contributed by atoms with van der Waals surface area (Å²) in [5, 5.41) is 3.21. The molecule has 112 valence electrons. The molecule has 0 spiro atoms. The molecule has 1 aromatic rings. The van der Waals surface area contributed by atoms with Crippen LogP contribution in [-0.2, 0) is 6.42 Å². The van der Waals surface area contributed by atoms with Gasteiger partial charge >= 0.3 is 0 Å². The zero-order chi connectivity index (χ0) is 14.5. The van der Waals surface area contributed by atoms with Crippen molar-refractivity contribution in [2.24, 2.45) is 5.92 Å². The Balaban J connectivity index is 1.91. The van der Waals surface area contributed by atoms with Gasteiger partial charge in [-0.2, -0.15) is 0 Å². The second-order valence-corrected chi connectivity index (χ2v) is 6.83. The molecule has 1 aliphatic rings. The van der Waals surface area contributed by atoms with E-state index in [9.17, 15) is 4.79 Å². The van der Waals surface area contributed by atoms with E-state index < -0.39 is 0 Å². The maximum absolute atomic E-state index is 12.5. The number of carbonyl (C=O) groups excluding carboxylic acids is 1. The minimum Gasteiger partial charge on any atom is -0.338 e. The highest BCUT2D eigenvalue weighted by molar-refractivity contribution is 7.14. The quantitative estimate of drug-likeness (QED) is 0.905. The maximum atomic E-state index is 12.5. The van der Waals surface area contributed by atoms with Crippen molar-refractivity contribution in [2.45, 2.75) is 39.5 Å². The predicted molar refractivity (Wildman–Crippen MR) is 85.6 cm³/mol. The van der Waals surface area contributed by atoms with Crippen LogP contribution in [0, 0.1) is 12.8 Å². The second-order valence-electron chi connectivity index (χ2n) is 5.70. The third kappa shape index (κ3) is 3.61. The van der Waals surface area contributed by atoms with E-state index in [-0.39, 0.29) is 5.91 Å². The summed E-state index contributed by atoms with van der Waals surface area (Å²) in [5.41, 5.74) is 1.27. The molecule has 1 N–H and O–H groups in total. The van der Waals surface area contributed by atoms with Crippen LogP contribution >= 0.6 is 11.3 Å². The molecule has 2 rings (SSSR count). The third-order valence-electron chi connectivity index (χ3n) is 4.26. The average molecular weight is 294 g/mol. The summed E-state index contributed by atoms with van der Waals surface area (Å²) >= 11 is 1.67. The zero-order valence-corrected chi connectivity index (χ0v) is 13.7. The first kappa shape index (κ1) is 15.5. The number of hydrogen-bond donors (Lipinski definition) is 1. The van der Waals surface area contributed by atoms with Crippen LogP contribution < -0.4 is 5.32 Å². The number of carbonyl (C=O) groups is 1. The molecular weight excluding hydrogens is 268 g/mol. The Morgan fingerprint density at radius 3 is 2.70 bits per heavy atom. The fraction of sp³-hybridized carbons (Fsp3) is 0.688.